The van der Waals surface area contributed by atoms with Gasteiger partial charge in [0.2, 0.25) is 0 Å². The third-order valence-corrected chi connectivity index (χ3v) is 31.8. The Hall–Kier alpha value is -10.0. The Morgan fingerprint density at radius 1 is 0.150 bits per heavy atom. The second-order valence-corrected chi connectivity index (χ2v) is 43.1. The fourth-order valence-electron chi connectivity index (χ4n) is 22.4. The van der Waals surface area contributed by atoms with Crippen molar-refractivity contribution in [2.75, 3.05) is 0 Å². The van der Waals surface area contributed by atoms with E-state index in [1.807, 2.05) is 0 Å². The van der Waals surface area contributed by atoms with Gasteiger partial charge in [-0.15, -0.1) is 0 Å². The van der Waals surface area contributed by atoms with Gasteiger partial charge in [0.05, 0.1) is 0 Å². The van der Waals surface area contributed by atoms with Crippen molar-refractivity contribution in [2.24, 2.45) is 59.2 Å². The zero-order valence-corrected chi connectivity index (χ0v) is 89.2. The molecular formula is C140H180. The zero-order chi connectivity index (χ0) is 98.0. The molecule has 15 rings (SSSR count). The molecule has 0 amide bonds. The summed E-state index contributed by atoms with van der Waals surface area (Å²) in [5, 5.41) is 0. The van der Waals surface area contributed by atoms with E-state index >= 15 is 0 Å². The van der Waals surface area contributed by atoms with Gasteiger partial charge in [-0.1, -0.05) is 467 Å². The fourth-order valence-corrected chi connectivity index (χ4v) is 22.4. The van der Waals surface area contributed by atoms with Crippen molar-refractivity contribution in [1.82, 2.24) is 0 Å². The van der Waals surface area contributed by atoms with E-state index in [0.29, 0.717) is 0 Å². The lowest BCUT2D eigenvalue weighted by Gasteiger charge is -2.28. The van der Waals surface area contributed by atoms with Gasteiger partial charge in [-0.25, -0.2) is 0 Å². The largest absolute Gasteiger partial charge is 0.0654 e. The van der Waals surface area contributed by atoms with E-state index in [4.69, 9.17) is 0 Å². The summed E-state index contributed by atoms with van der Waals surface area (Å²) >= 11 is 0. The fraction of sp³-hybridized carbons (Fsp3) is 0.500. The van der Waals surface area contributed by atoms with E-state index in [2.05, 4.69) is 371 Å². The van der Waals surface area contributed by atoms with Crippen LogP contribution in [-0.4, -0.2) is 0 Å². The van der Waals surface area contributed by atoms with Crippen LogP contribution in [0.25, 0.3) is 0 Å². The summed E-state index contributed by atoms with van der Waals surface area (Å²) in [6.45, 7) is 22.6. The van der Waals surface area contributed by atoms with Crippen LogP contribution < -0.4 is 0 Å². The molecule has 0 atom stereocenters. The standard InChI is InChI=1S/C30H40.C29H38.C28H36.C27H34.C26H32/c1-3-5-6-8-26-11-15-28(16-12-26)18-20-30-23-21-29(22-24-30)19-17-27-13-9-25(7-4-2)10-14-27;1-3-5-7-25-10-14-27(15-11-25)17-19-29-22-20-28(21-23-29)18-16-26-12-8-24(6-4-2)9-13-26;1-3-5-23-7-11-25(12-8-23)15-17-27-19-21-28(22-20-27)18-16-26-13-9-24(6-4-2)10-14-26;1-3-5-23-10-12-25(13-11-23)16-17-27-20-18-26(19-21-27)15-14-24-8-6-22(4-2)7-9-24;1-3-4-22-9-11-24(12-10-22)15-16-26-19-17-25(18-20-26)14-13-23-7-5-21(2)6-8-23/h11-12,15-16,21-25,27H,3-10,13-14,17,19H2,1-2H3;10-11,14-15,20-24,26H,3-9,12-13,16,18H2,1-2H3;7-8,11-12,19-22,24,26H,3-6,9-10,13-14,16,18H2,1-2H3;6-9,18-21,23,25H,3-5,10-13,16-17H2,1-2H3;5-8,17-20,22,24H,3-4,9-12,15-16H2,1-2H3/t25-,27-;2*24-,26-;23-,25-;22-,24-. The van der Waals surface area contributed by atoms with Crippen molar-refractivity contribution in [3.05, 3.63) is 354 Å². The van der Waals surface area contributed by atoms with Gasteiger partial charge in [-0.2, -0.15) is 0 Å². The summed E-state index contributed by atoms with van der Waals surface area (Å²) < 4.78 is 0. The van der Waals surface area contributed by atoms with E-state index in [9.17, 15) is 0 Å². The van der Waals surface area contributed by atoms with Crippen LogP contribution >= 0.6 is 0 Å². The molecule has 5 saturated carbocycles. The SMILES string of the molecule is CCCCCc1ccc(C#Cc2ccc(CC[C@H]3CC[C@H](CCC)CC3)cc2)cc1.CCCCc1ccc(C#Cc2ccc(CC[C@H]3CC[C@H](CCC)CC3)cc2)cc1.CCC[C@H]1CC[C@H](CCc2ccc(C#Cc3ccc(C)cc3)cc2)CC1.CCC[C@H]1CC[C@H](CCc2ccc(C#Cc3ccc(CC)cc3)cc2)CC1.CCCc1ccc(C#Cc2ccc(CC[C@H]3CC[C@H](CCC)CC3)cc2)cc1. The minimum atomic E-state index is 0.947. The van der Waals surface area contributed by atoms with Crippen molar-refractivity contribution < 1.29 is 0 Å². The van der Waals surface area contributed by atoms with Crippen LogP contribution in [0.2, 0.25) is 0 Å². The van der Waals surface area contributed by atoms with Crippen LogP contribution in [0.5, 0.6) is 0 Å². The van der Waals surface area contributed by atoms with Gasteiger partial charge in [0.1, 0.15) is 0 Å². The van der Waals surface area contributed by atoms with Crippen molar-refractivity contribution >= 4 is 0 Å². The highest BCUT2D eigenvalue weighted by molar-refractivity contribution is 5.49. The summed E-state index contributed by atoms with van der Waals surface area (Å²) in [5.74, 6) is 42.8. The zero-order valence-electron chi connectivity index (χ0n) is 89.2. The van der Waals surface area contributed by atoms with Gasteiger partial charge >= 0.3 is 0 Å². The van der Waals surface area contributed by atoms with Gasteiger partial charge in [-0.3, -0.25) is 0 Å². The molecule has 740 valence electrons. The number of rotatable bonds is 35. The number of benzene rings is 10. The lowest BCUT2D eigenvalue weighted by Crippen LogP contribution is -2.15. The molecule has 0 aliphatic heterocycles. The second-order valence-electron chi connectivity index (χ2n) is 43.1. The highest BCUT2D eigenvalue weighted by atomic mass is 14.3. The third kappa shape index (κ3) is 43.0. The minimum Gasteiger partial charge on any atom is -0.0654 e. The molecule has 5 aliphatic rings. The molecule has 5 aliphatic carbocycles. The van der Waals surface area contributed by atoms with Crippen LogP contribution in [0.15, 0.2) is 243 Å². The number of unbranched alkanes of at least 4 members (excludes halogenated alkanes) is 3. The van der Waals surface area contributed by atoms with E-state index < -0.39 is 0 Å². The average Bonchev–Trinajstić information content (AvgIpc) is 0.884. The van der Waals surface area contributed by atoms with Crippen molar-refractivity contribution in [1.29, 1.82) is 0 Å². The maximum absolute atomic E-state index is 3.33. The normalized spacial score (nSPS) is 19.1. The summed E-state index contributed by atoms with van der Waals surface area (Å²) in [5.41, 5.74) is 25.2. The Kier molecular flexibility index (Phi) is 51.4. The molecule has 0 unspecified atom stereocenters. The maximum Gasteiger partial charge on any atom is 0.0249 e. The Morgan fingerprint density at radius 2 is 0.307 bits per heavy atom. The first-order valence-electron chi connectivity index (χ1n) is 57.3. The van der Waals surface area contributed by atoms with Crippen LogP contribution in [0.3, 0.4) is 0 Å². The molecule has 140 heavy (non-hydrogen) atoms. The summed E-state index contributed by atoms with van der Waals surface area (Å²) in [6, 6.07) is 87.8. The molecule has 0 radical (unpaired) electrons. The quantitative estimate of drug-likeness (QED) is 0.0274. The van der Waals surface area contributed by atoms with Gasteiger partial charge in [0.15, 0.2) is 0 Å². The van der Waals surface area contributed by atoms with Crippen LogP contribution in [0.1, 0.15) is 437 Å². The predicted octanol–water partition coefficient (Wildman–Crippen LogP) is 38.0. The Balaban J connectivity index is 0.000000168. The molecule has 10 aromatic rings. The average molecular weight is 1860 g/mol. The molecule has 5 fully saturated rings. The van der Waals surface area contributed by atoms with Gasteiger partial charge in [0, 0.05) is 55.6 Å². The molecule has 0 bridgehead atoms. The predicted molar refractivity (Wildman–Crippen MR) is 608 cm³/mol. The Bertz CT molecular complexity index is 5320. The first-order valence-corrected chi connectivity index (χ1v) is 57.3. The molecule has 0 heteroatoms. The molecule has 0 saturated heterocycles. The molecule has 10 aromatic carbocycles. The van der Waals surface area contributed by atoms with E-state index in [0.717, 1.165) is 128 Å². The van der Waals surface area contributed by atoms with Crippen molar-refractivity contribution in [3.63, 3.8) is 0 Å². The lowest BCUT2D eigenvalue weighted by atomic mass is 9.78. The summed E-state index contributed by atoms with van der Waals surface area (Å²) in [4.78, 5) is 0. The van der Waals surface area contributed by atoms with E-state index in [1.54, 1.807) is 0 Å². The molecular weight excluding hydrogens is 1680 g/mol. The molecule has 0 N–H and O–H groups in total. The van der Waals surface area contributed by atoms with Gasteiger partial charge in [-0.05, 0) is 340 Å². The van der Waals surface area contributed by atoms with Crippen molar-refractivity contribution in [2.45, 2.75) is 390 Å². The monoisotopic (exact) mass is 1860 g/mol. The van der Waals surface area contributed by atoms with Gasteiger partial charge < -0.3 is 0 Å². The molecule has 0 aromatic heterocycles. The minimum absolute atomic E-state index is 0.947. The highest BCUT2D eigenvalue weighted by Crippen LogP contribution is 2.39. The lowest BCUT2D eigenvalue weighted by molar-refractivity contribution is 0.252. The summed E-state index contributed by atoms with van der Waals surface area (Å²) in [6.07, 6.45) is 68.2. The highest BCUT2D eigenvalue weighted by Gasteiger charge is 2.26. The Morgan fingerprint density at radius 3 is 0.479 bits per heavy atom. The molecule has 0 nitrogen and oxygen atoms in total. The first kappa shape index (κ1) is 110. The third-order valence-electron chi connectivity index (χ3n) is 31.8. The van der Waals surface area contributed by atoms with Crippen LogP contribution in [-0.2, 0) is 57.8 Å². The first-order chi connectivity index (χ1) is 68.8. The smallest absolute Gasteiger partial charge is 0.0249 e. The number of hydrogen-bond donors (Lipinski definition) is 0. The van der Waals surface area contributed by atoms with E-state index in [1.165, 1.54) is 364 Å². The molecule has 0 spiro atoms. The Labute approximate surface area is 856 Å². The number of hydrogen-bond acceptors (Lipinski definition) is 0. The second kappa shape index (κ2) is 65.2. The molecule has 0 heterocycles. The van der Waals surface area contributed by atoms with Crippen LogP contribution in [0.4, 0.5) is 0 Å². The van der Waals surface area contributed by atoms with Crippen LogP contribution in [0, 0.1) is 125 Å². The summed E-state index contributed by atoms with van der Waals surface area (Å²) in [7, 11) is 0. The topological polar surface area (TPSA) is 0 Å². The van der Waals surface area contributed by atoms with Crippen molar-refractivity contribution in [3.8, 4) is 59.2 Å². The van der Waals surface area contributed by atoms with Gasteiger partial charge in [0.25, 0.3) is 0 Å². The maximum atomic E-state index is 3.33. The van der Waals surface area contributed by atoms with E-state index in [-0.39, 0.29) is 0 Å². The number of aryl methyl sites for hydroxylation is 10.